The molecule has 1 atom stereocenters. The van der Waals surface area contributed by atoms with Crippen molar-refractivity contribution >= 4 is 27.4 Å². The summed E-state index contributed by atoms with van der Waals surface area (Å²) < 4.78 is 5.59. The highest BCUT2D eigenvalue weighted by molar-refractivity contribution is 7.19. The molecule has 1 aliphatic carbocycles. The second-order valence-electron chi connectivity index (χ2n) is 8.08. The summed E-state index contributed by atoms with van der Waals surface area (Å²) in [5.74, 6) is 2.91. The molecule has 0 N–H and O–H groups in total. The van der Waals surface area contributed by atoms with Crippen molar-refractivity contribution in [2.24, 2.45) is 5.92 Å². The van der Waals surface area contributed by atoms with Crippen molar-refractivity contribution in [3.8, 4) is 0 Å². The molecule has 0 amide bonds. The van der Waals surface area contributed by atoms with Crippen molar-refractivity contribution in [1.29, 1.82) is 0 Å². The van der Waals surface area contributed by atoms with E-state index in [2.05, 4.69) is 42.2 Å². The lowest BCUT2D eigenvalue weighted by Gasteiger charge is -2.29. The molecule has 5 heteroatoms. The zero-order valence-corrected chi connectivity index (χ0v) is 17.3. The van der Waals surface area contributed by atoms with Gasteiger partial charge < -0.3 is 9.64 Å². The first kappa shape index (κ1) is 18.1. The van der Waals surface area contributed by atoms with Crippen LogP contribution in [0.3, 0.4) is 0 Å². The molecule has 1 fully saturated rings. The molecule has 4 nitrogen and oxygen atoms in total. The highest BCUT2D eigenvalue weighted by Gasteiger charge is 2.26. The standard InChI is InChI=1S/C23H27N3OS/c1-16-7-9-18-19(15-16)28-23-21(18)22(26-11-13-27-14-12-26)24-20(25-23)10-8-17-5-3-2-4-6-17/h2-6,16H,7-15H2,1H3/t16-/m1/s1. The van der Waals surface area contributed by atoms with Gasteiger partial charge in [-0.3, -0.25) is 0 Å². The number of fused-ring (bicyclic) bond motifs is 3. The number of thiophene rings is 1. The number of benzene rings is 1. The summed E-state index contributed by atoms with van der Waals surface area (Å²) in [5.41, 5.74) is 2.87. The maximum atomic E-state index is 5.59. The van der Waals surface area contributed by atoms with Crippen LogP contribution in [0.1, 0.15) is 35.2 Å². The fourth-order valence-electron chi connectivity index (χ4n) is 4.38. The first-order valence-electron chi connectivity index (χ1n) is 10.5. The molecule has 28 heavy (non-hydrogen) atoms. The maximum absolute atomic E-state index is 5.59. The van der Waals surface area contributed by atoms with Crippen LogP contribution in [0.2, 0.25) is 0 Å². The molecule has 2 aromatic heterocycles. The maximum Gasteiger partial charge on any atom is 0.141 e. The molecule has 1 saturated heterocycles. The van der Waals surface area contributed by atoms with Crippen molar-refractivity contribution in [3.05, 3.63) is 52.2 Å². The fraction of sp³-hybridized carbons (Fsp3) is 0.478. The van der Waals surface area contributed by atoms with Crippen LogP contribution >= 0.6 is 11.3 Å². The van der Waals surface area contributed by atoms with Crippen LogP contribution in [0, 0.1) is 5.92 Å². The third-order valence-corrected chi connectivity index (χ3v) is 7.12. The van der Waals surface area contributed by atoms with Crippen molar-refractivity contribution in [2.45, 2.75) is 39.0 Å². The van der Waals surface area contributed by atoms with Crippen LogP contribution < -0.4 is 4.90 Å². The average molecular weight is 394 g/mol. The minimum absolute atomic E-state index is 0.776. The zero-order valence-electron chi connectivity index (χ0n) is 16.5. The lowest BCUT2D eigenvalue weighted by atomic mass is 9.89. The van der Waals surface area contributed by atoms with Gasteiger partial charge in [-0.2, -0.15) is 0 Å². The Balaban J connectivity index is 1.54. The summed E-state index contributed by atoms with van der Waals surface area (Å²) in [6.07, 6.45) is 5.50. The van der Waals surface area contributed by atoms with E-state index in [0.717, 1.165) is 56.7 Å². The van der Waals surface area contributed by atoms with E-state index in [4.69, 9.17) is 14.7 Å². The summed E-state index contributed by atoms with van der Waals surface area (Å²) in [4.78, 5) is 15.3. The SMILES string of the molecule is C[C@@H]1CCc2c(sc3nc(CCc4ccccc4)nc(N4CCOCC4)c23)C1. The predicted molar refractivity (Wildman–Crippen MR) is 115 cm³/mol. The first-order chi connectivity index (χ1) is 13.8. The van der Waals surface area contributed by atoms with Crippen LogP contribution in [0.4, 0.5) is 5.82 Å². The summed E-state index contributed by atoms with van der Waals surface area (Å²) >= 11 is 1.91. The van der Waals surface area contributed by atoms with Crippen molar-refractivity contribution < 1.29 is 4.74 Å². The van der Waals surface area contributed by atoms with Crippen molar-refractivity contribution in [3.63, 3.8) is 0 Å². The minimum Gasteiger partial charge on any atom is -0.378 e. The Hall–Kier alpha value is -1.98. The predicted octanol–water partition coefficient (Wildman–Crippen LogP) is 4.44. The molecule has 0 spiro atoms. The third-order valence-electron chi connectivity index (χ3n) is 5.97. The third kappa shape index (κ3) is 3.53. The number of aromatic nitrogens is 2. The van der Waals surface area contributed by atoms with E-state index in [0.29, 0.717) is 0 Å². The van der Waals surface area contributed by atoms with E-state index in [1.54, 1.807) is 0 Å². The van der Waals surface area contributed by atoms with Gasteiger partial charge in [-0.05, 0) is 42.7 Å². The zero-order chi connectivity index (χ0) is 18.9. The van der Waals surface area contributed by atoms with Crippen molar-refractivity contribution in [1.82, 2.24) is 9.97 Å². The topological polar surface area (TPSA) is 38.2 Å². The smallest absolute Gasteiger partial charge is 0.141 e. The highest BCUT2D eigenvalue weighted by Crippen LogP contribution is 2.41. The molecule has 1 aromatic carbocycles. The fourth-order valence-corrected chi connectivity index (χ4v) is 5.78. The Morgan fingerprint density at radius 3 is 2.75 bits per heavy atom. The van der Waals surface area contributed by atoms with E-state index < -0.39 is 0 Å². The first-order valence-corrected chi connectivity index (χ1v) is 11.3. The Labute approximate surface area is 170 Å². The Morgan fingerprint density at radius 2 is 1.93 bits per heavy atom. The highest BCUT2D eigenvalue weighted by atomic mass is 32.1. The molecular formula is C23H27N3OS. The van der Waals surface area contributed by atoms with Crippen LogP contribution in [0.15, 0.2) is 30.3 Å². The van der Waals surface area contributed by atoms with Gasteiger partial charge in [0.25, 0.3) is 0 Å². The second-order valence-corrected chi connectivity index (χ2v) is 9.16. The van der Waals surface area contributed by atoms with Gasteiger partial charge in [0.1, 0.15) is 16.5 Å². The van der Waals surface area contributed by atoms with Gasteiger partial charge in [0.2, 0.25) is 0 Å². The van der Waals surface area contributed by atoms with Crippen molar-refractivity contribution in [2.75, 3.05) is 31.2 Å². The van der Waals surface area contributed by atoms with Crippen LogP contribution in [-0.2, 0) is 30.4 Å². The van der Waals surface area contributed by atoms with Gasteiger partial charge in [0, 0.05) is 24.4 Å². The molecule has 3 aromatic rings. The summed E-state index contributed by atoms with van der Waals surface area (Å²) in [7, 11) is 0. The van der Waals surface area contributed by atoms with Crippen LogP contribution in [0.5, 0.6) is 0 Å². The largest absolute Gasteiger partial charge is 0.378 e. The van der Waals surface area contributed by atoms with Gasteiger partial charge in [0.05, 0.1) is 18.6 Å². The number of hydrogen-bond acceptors (Lipinski definition) is 5. The van der Waals surface area contributed by atoms with E-state index in [1.165, 1.54) is 45.5 Å². The molecule has 0 bridgehead atoms. The van der Waals surface area contributed by atoms with E-state index in [1.807, 2.05) is 11.3 Å². The number of nitrogens with zero attached hydrogens (tertiary/aromatic N) is 3. The number of rotatable bonds is 4. The molecule has 0 radical (unpaired) electrons. The quantitative estimate of drug-likeness (QED) is 0.657. The number of ether oxygens (including phenoxy) is 1. The number of aryl methyl sites for hydroxylation is 3. The van der Waals surface area contributed by atoms with Gasteiger partial charge in [-0.1, -0.05) is 37.3 Å². The van der Waals surface area contributed by atoms with Gasteiger partial charge >= 0.3 is 0 Å². The summed E-state index contributed by atoms with van der Waals surface area (Å²) in [6.45, 7) is 5.78. The lowest BCUT2D eigenvalue weighted by Crippen LogP contribution is -2.37. The lowest BCUT2D eigenvalue weighted by molar-refractivity contribution is 0.122. The summed E-state index contributed by atoms with van der Waals surface area (Å²) in [6, 6.07) is 10.7. The molecule has 2 aliphatic rings. The molecule has 5 rings (SSSR count). The summed E-state index contributed by atoms with van der Waals surface area (Å²) in [5, 5.41) is 1.33. The van der Waals surface area contributed by atoms with Crippen LogP contribution in [0.25, 0.3) is 10.2 Å². The number of anilines is 1. The molecule has 0 saturated carbocycles. The molecule has 1 aliphatic heterocycles. The Morgan fingerprint density at radius 1 is 1.11 bits per heavy atom. The molecule has 3 heterocycles. The monoisotopic (exact) mass is 393 g/mol. The normalized spacial score (nSPS) is 19.8. The van der Waals surface area contributed by atoms with Gasteiger partial charge in [0.15, 0.2) is 0 Å². The van der Waals surface area contributed by atoms with E-state index in [-0.39, 0.29) is 0 Å². The number of hydrogen-bond donors (Lipinski definition) is 0. The number of morpholine rings is 1. The van der Waals surface area contributed by atoms with Gasteiger partial charge in [-0.15, -0.1) is 11.3 Å². The molecule has 146 valence electrons. The second kappa shape index (κ2) is 7.80. The minimum atomic E-state index is 0.776. The Bertz CT molecular complexity index is 963. The van der Waals surface area contributed by atoms with E-state index >= 15 is 0 Å². The van der Waals surface area contributed by atoms with E-state index in [9.17, 15) is 0 Å². The van der Waals surface area contributed by atoms with Crippen LogP contribution in [-0.4, -0.2) is 36.3 Å². The Kier molecular flexibility index (Phi) is 5.03. The van der Waals surface area contributed by atoms with Gasteiger partial charge in [-0.25, -0.2) is 9.97 Å². The molecular weight excluding hydrogens is 366 g/mol. The molecule has 0 unspecified atom stereocenters. The average Bonchev–Trinajstić information content (AvgIpc) is 3.10.